The quantitative estimate of drug-likeness (QED) is 0.562. The van der Waals surface area contributed by atoms with Crippen molar-refractivity contribution in [3.63, 3.8) is 0 Å². The number of sulfonamides is 1. The van der Waals surface area contributed by atoms with E-state index < -0.39 is 45.1 Å². The molecule has 2 N–H and O–H groups in total. The van der Waals surface area contributed by atoms with Crippen LogP contribution in [0.4, 0.5) is 4.39 Å². The molecule has 11 heteroatoms. The molecule has 0 radical (unpaired) electrons. The molecule has 2 fully saturated rings. The third kappa shape index (κ3) is 5.99. The lowest BCUT2D eigenvalue weighted by atomic mass is 9.96. The number of carbonyl (C=O) groups excluding carboxylic acids is 1. The molecule has 1 aromatic rings. The van der Waals surface area contributed by atoms with Crippen LogP contribution in [-0.4, -0.2) is 88.1 Å². The fourth-order valence-corrected chi connectivity index (χ4v) is 5.71. The Hall–Kier alpha value is -1.63. The second-order valence-corrected chi connectivity index (χ2v) is 9.54. The molecule has 0 aromatic heterocycles. The van der Waals surface area contributed by atoms with E-state index in [0.29, 0.717) is 26.0 Å². The fraction of sp³-hybridized carbons (Fsp3) is 0.650. The van der Waals surface area contributed by atoms with Gasteiger partial charge in [-0.2, -0.15) is 4.31 Å². The van der Waals surface area contributed by atoms with Crippen LogP contribution in [0.5, 0.6) is 0 Å². The van der Waals surface area contributed by atoms with Crippen molar-refractivity contribution < 1.29 is 36.9 Å². The van der Waals surface area contributed by atoms with Crippen molar-refractivity contribution in [2.45, 2.75) is 48.5 Å². The first kappa shape index (κ1) is 24.0. The predicted molar refractivity (Wildman–Crippen MR) is 108 cm³/mol. The van der Waals surface area contributed by atoms with E-state index in [1.807, 2.05) is 0 Å². The molecule has 1 amide bonds. The number of hydrogen-bond donors (Lipinski definition) is 2. The number of aliphatic hydroxyl groups is 1. The Bertz CT molecular complexity index is 854. The Morgan fingerprint density at radius 3 is 2.84 bits per heavy atom. The molecule has 2 saturated heterocycles. The van der Waals surface area contributed by atoms with Gasteiger partial charge in [0.2, 0.25) is 15.9 Å². The number of nitrogens with one attached hydrogen (secondary N) is 1. The van der Waals surface area contributed by atoms with Crippen LogP contribution in [0.15, 0.2) is 29.2 Å². The number of halogens is 1. The molecular formula is C20H29FN2O7S. The van der Waals surface area contributed by atoms with Crippen LogP contribution in [0.2, 0.25) is 0 Å². The Morgan fingerprint density at radius 2 is 2.10 bits per heavy atom. The van der Waals surface area contributed by atoms with E-state index in [1.165, 1.54) is 18.2 Å². The number of hydrogen-bond acceptors (Lipinski definition) is 7. The van der Waals surface area contributed by atoms with E-state index >= 15 is 0 Å². The Labute approximate surface area is 181 Å². The molecule has 0 bridgehead atoms. The van der Waals surface area contributed by atoms with Gasteiger partial charge in [0.15, 0.2) is 0 Å². The zero-order valence-electron chi connectivity index (χ0n) is 17.4. The maximum absolute atomic E-state index is 14.3. The molecule has 9 nitrogen and oxygen atoms in total. The number of amides is 1. The van der Waals surface area contributed by atoms with Gasteiger partial charge in [-0.3, -0.25) is 4.79 Å². The van der Waals surface area contributed by atoms with Crippen LogP contribution in [0.3, 0.4) is 0 Å². The average Bonchev–Trinajstić information content (AvgIpc) is 2.71. The van der Waals surface area contributed by atoms with Crippen molar-refractivity contribution in [3.8, 4) is 0 Å². The van der Waals surface area contributed by atoms with Gasteiger partial charge in [0.05, 0.1) is 50.6 Å². The minimum atomic E-state index is -4.22. The topological polar surface area (TPSA) is 114 Å². The number of nitrogens with zero attached hydrogens (tertiary/aromatic N) is 1. The largest absolute Gasteiger partial charge is 0.389 e. The number of methoxy groups -OCH3 is 1. The maximum Gasteiger partial charge on any atom is 0.246 e. The molecule has 3 rings (SSSR count). The van der Waals surface area contributed by atoms with Gasteiger partial charge in [0.1, 0.15) is 10.7 Å². The first-order chi connectivity index (χ1) is 14.8. The second kappa shape index (κ2) is 10.8. The molecular weight excluding hydrogens is 431 g/mol. The molecule has 0 spiro atoms. The number of benzene rings is 1. The number of carbonyl (C=O) groups is 1. The van der Waals surface area contributed by atoms with Crippen LogP contribution in [0.1, 0.15) is 19.3 Å². The van der Waals surface area contributed by atoms with Gasteiger partial charge in [-0.05, 0) is 25.0 Å². The molecule has 2 aliphatic rings. The Balaban J connectivity index is 1.76. The van der Waals surface area contributed by atoms with Crippen LogP contribution < -0.4 is 5.32 Å². The molecule has 1 aromatic carbocycles. The second-order valence-electron chi connectivity index (χ2n) is 7.68. The molecule has 4 atom stereocenters. The molecule has 174 valence electrons. The Kier molecular flexibility index (Phi) is 8.36. The highest BCUT2D eigenvalue weighted by molar-refractivity contribution is 7.89. The summed E-state index contributed by atoms with van der Waals surface area (Å²) in [4.78, 5) is 11.7. The van der Waals surface area contributed by atoms with Crippen molar-refractivity contribution in [1.82, 2.24) is 9.62 Å². The lowest BCUT2D eigenvalue weighted by Gasteiger charge is -2.43. The Morgan fingerprint density at radius 1 is 1.32 bits per heavy atom. The minimum absolute atomic E-state index is 0.0623. The molecule has 0 aliphatic carbocycles. The summed E-state index contributed by atoms with van der Waals surface area (Å²) in [5.41, 5.74) is 0. The fourth-order valence-electron chi connectivity index (χ4n) is 3.92. The van der Waals surface area contributed by atoms with E-state index in [1.54, 1.807) is 7.11 Å². The zero-order chi connectivity index (χ0) is 22.4. The zero-order valence-corrected chi connectivity index (χ0v) is 18.2. The SMILES string of the molecule is COCCNC(=O)C[C@H]1CC[C@@H]2[C@H](COC[C@@H](O)CN2S(=O)(=O)c2ccccc2F)O1. The highest BCUT2D eigenvalue weighted by atomic mass is 32.2. The summed E-state index contributed by atoms with van der Waals surface area (Å²) in [6.07, 6.45) is -1.11. The normalized spacial score (nSPS) is 27.7. The van der Waals surface area contributed by atoms with Gasteiger partial charge in [-0.15, -0.1) is 0 Å². The van der Waals surface area contributed by atoms with E-state index in [2.05, 4.69) is 5.32 Å². The summed E-state index contributed by atoms with van der Waals surface area (Å²) in [5, 5.41) is 12.9. The van der Waals surface area contributed by atoms with E-state index in [9.17, 15) is 22.7 Å². The number of β-amino-alcohol motifs (C(OH)–C–C–N with tert-alkyl or cyclic N) is 1. The highest BCUT2D eigenvalue weighted by Crippen LogP contribution is 2.32. The van der Waals surface area contributed by atoms with Gasteiger partial charge in [-0.25, -0.2) is 12.8 Å². The van der Waals surface area contributed by atoms with Crippen molar-refractivity contribution in [3.05, 3.63) is 30.1 Å². The summed E-state index contributed by atoms with van der Waals surface area (Å²) >= 11 is 0. The van der Waals surface area contributed by atoms with Crippen LogP contribution >= 0.6 is 0 Å². The van der Waals surface area contributed by atoms with Crippen molar-refractivity contribution >= 4 is 15.9 Å². The van der Waals surface area contributed by atoms with Crippen molar-refractivity contribution in [1.29, 1.82) is 0 Å². The first-order valence-electron chi connectivity index (χ1n) is 10.3. The lowest BCUT2D eigenvalue weighted by Crippen LogP contribution is -2.57. The monoisotopic (exact) mass is 460 g/mol. The van der Waals surface area contributed by atoms with E-state index in [-0.39, 0.29) is 32.1 Å². The lowest BCUT2D eigenvalue weighted by molar-refractivity contribution is -0.146. The number of aliphatic hydroxyl groups excluding tert-OH is 1. The molecule has 2 aliphatic heterocycles. The third-order valence-corrected chi connectivity index (χ3v) is 7.32. The van der Waals surface area contributed by atoms with Gasteiger partial charge < -0.3 is 24.6 Å². The highest BCUT2D eigenvalue weighted by Gasteiger charge is 2.43. The predicted octanol–water partition coefficient (Wildman–Crippen LogP) is 0.276. The first-order valence-corrected chi connectivity index (χ1v) is 11.7. The summed E-state index contributed by atoms with van der Waals surface area (Å²) in [6, 6.07) is 4.51. The molecule has 0 saturated carbocycles. The smallest absolute Gasteiger partial charge is 0.246 e. The maximum atomic E-state index is 14.3. The number of rotatable bonds is 7. The van der Waals surface area contributed by atoms with Crippen molar-refractivity contribution in [2.75, 3.05) is 40.0 Å². The van der Waals surface area contributed by atoms with E-state index in [4.69, 9.17) is 14.2 Å². The molecule has 2 heterocycles. The third-order valence-electron chi connectivity index (χ3n) is 5.40. The number of fused-ring (bicyclic) bond motifs is 1. The van der Waals surface area contributed by atoms with Crippen LogP contribution in [0.25, 0.3) is 0 Å². The summed E-state index contributed by atoms with van der Waals surface area (Å²) in [7, 11) is -2.68. The molecule has 0 unspecified atom stereocenters. The van der Waals surface area contributed by atoms with Crippen LogP contribution in [0, 0.1) is 5.82 Å². The average molecular weight is 461 g/mol. The van der Waals surface area contributed by atoms with E-state index in [0.717, 1.165) is 10.4 Å². The summed E-state index contributed by atoms with van der Waals surface area (Å²) in [6.45, 7) is 0.555. The standard InChI is InChI=1S/C20H29FN2O7S/c1-28-9-8-22-20(25)10-15-6-7-17-18(30-15)13-29-12-14(24)11-23(17)31(26,27)19-5-3-2-4-16(19)21/h2-5,14-15,17-18,24H,6-13H2,1H3,(H,22,25)/t14-,15+,17+,18-/m0/s1. The van der Waals surface area contributed by atoms with Crippen LogP contribution in [-0.2, 0) is 29.0 Å². The minimum Gasteiger partial charge on any atom is -0.389 e. The van der Waals surface area contributed by atoms with Gasteiger partial charge in [-0.1, -0.05) is 12.1 Å². The summed E-state index contributed by atoms with van der Waals surface area (Å²) in [5.74, 6) is -1.03. The van der Waals surface area contributed by atoms with Gasteiger partial charge in [0, 0.05) is 20.2 Å². The number of ether oxygens (including phenoxy) is 3. The summed E-state index contributed by atoms with van der Waals surface area (Å²) < 4.78 is 58.4. The van der Waals surface area contributed by atoms with Gasteiger partial charge in [0.25, 0.3) is 0 Å². The molecule has 31 heavy (non-hydrogen) atoms. The van der Waals surface area contributed by atoms with Crippen molar-refractivity contribution in [2.24, 2.45) is 0 Å². The van der Waals surface area contributed by atoms with Gasteiger partial charge >= 0.3 is 0 Å².